The number of aliphatic hydroxyl groups is 1. The Bertz CT molecular complexity index is 794. The summed E-state index contributed by atoms with van der Waals surface area (Å²) in [6, 6.07) is 12.8. The molecule has 3 aromatic heterocycles. The Hall–Kier alpha value is -0.915. The van der Waals surface area contributed by atoms with Crippen LogP contribution >= 0.6 is 34.0 Å². The molecule has 0 spiro atoms. The van der Waals surface area contributed by atoms with Gasteiger partial charge in [0.05, 0.1) is 11.2 Å². The van der Waals surface area contributed by atoms with Gasteiger partial charge in [0.15, 0.2) is 0 Å². The molecule has 3 aromatic rings. The normalized spacial score (nSPS) is 12.5. The van der Waals surface area contributed by atoms with E-state index in [9.17, 15) is 5.11 Å². The molecular formula is C18H20BO2S3. The van der Waals surface area contributed by atoms with Gasteiger partial charge in [-0.25, -0.2) is 0 Å². The molecule has 24 heavy (non-hydrogen) atoms. The van der Waals surface area contributed by atoms with Crippen molar-refractivity contribution in [2.24, 2.45) is 0 Å². The Kier molecular flexibility index (Phi) is 5.05. The molecule has 0 aromatic carbocycles. The largest absolute Gasteiger partial charge is 0.426 e. The molecule has 6 heteroatoms. The van der Waals surface area contributed by atoms with Gasteiger partial charge in [-0.3, -0.25) is 0 Å². The van der Waals surface area contributed by atoms with Gasteiger partial charge < -0.3 is 9.76 Å². The first-order chi connectivity index (χ1) is 11.3. The molecule has 125 valence electrons. The highest BCUT2D eigenvalue weighted by Gasteiger charge is 2.35. The van der Waals surface area contributed by atoms with Gasteiger partial charge in [-0.1, -0.05) is 12.1 Å². The molecule has 0 bridgehead atoms. The first-order valence-electron chi connectivity index (χ1n) is 7.74. The van der Waals surface area contributed by atoms with Crippen molar-refractivity contribution in [2.75, 3.05) is 0 Å². The molecule has 0 aliphatic carbocycles. The summed E-state index contributed by atoms with van der Waals surface area (Å²) in [7, 11) is 1.75. The van der Waals surface area contributed by atoms with Crippen LogP contribution in [0.4, 0.5) is 0 Å². The number of hydrogen-bond acceptors (Lipinski definition) is 5. The lowest BCUT2D eigenvalue weighted by Gasteiger charge is -2.37. The summed E-state index contributed by atoms with van der Waals surface area (Å²) in [5, 5.41) is 12.3. The third-order valence-corrected chi connectivity index (χ3v) is 7.54. The van der Waals surface area contributed by atoms with Gasteiger partial charge in [-0.15, -0.1) is 34.0 Å². The summed E-state index contributed by atoms with van der Waals surface area (Å²) in [5.74, 6) is 0. The highest BCUT2D eigenvalue weighted by Crippen LogP contribution is 2.37. The van der Waals surface area contributed by atoms with Crippen LogP contribution in [0.2, 0.25) is 0 Å². The van der Waals surface area contributed by atoms with E-state index in [-0.39, 0.29) is 0 Å². The molecule has 0 fully saturated rings. The second-order valence-electron chi connectivity index (χ2n) is 6.65. The molecule has 2 nitrogen and oxygen atoms in total. The van der Waals surface area contributed by atoms with Gasteiger partial charge in [0.25, 0.3) is 0 Å². The van der Waals surface area contributed by atoms with E-state index in [1.807, 2.05) is 25.2 Å². The van der Waals surface area contributed by atoms with E-state index in [4.69, 9.17) is 4.65 Å². The van der Waals surface area contributed by atoms with Crippen LogP contribution in [-0.2, 0) is 4.65 Å². The van der Waals surface area contributed by atoms with E-state index < -0.39 is 11.2 Å². The standard InChI is InChI=1S/C18H20BO2S3/c1-17(2,20)18(3,4)21-19-16-10-9-15(24-16)14-8-7-13(23-14)12-6-5-11-22-12/h5-11,20H,1-4H3. The van der Waals surface area contributed by atoms with Crippen LogP contribution < -0.4 is 4.78 Å². The molecule has 0 amide bonds. The SMILES string of the molecule is CC(C)(O)C(C)(C)O[B]c1ccc(-c2ccc(-c3cccs3)s2)s1. The smallest absolute Gasteiger partial charge is 0.341 e. The minimum Gasteiger partial charge on any atom is -0.426 e. The molecule has 0 aliphatic heterocycles. The maximum Gasteiger partial charge on any atom is 0.341 e. The molecule has 0 unspecified atom stereocenters. The Morgan fingerprint density at radius 3 is 2.12 bits per heavy atom. The van der Waals surface area contributed by atoms with Gasteiger partial charge in [0, 0.05) is 24.3 Å². The average molecular weight is 375 g/mol. The minimum absolute atomic E-state index is 0.646. The second-order valence-corrected chi connectivity index (χ2v) is 9.80. The fourth-order valence-corrected chi connectivity index (χ4v) is 4.72. The molecule has 1 N–H and O–H groups in total. The Morgan fingerprint density at radius 1 is 0.875 bits per heavy atom. The number of thiophene rings is 3. The van der Waals surface area contributed by atoms with E-state index in [1.54, 1.807) is 44.0 Å². The van der Waals surface area contributed by atoms with Crippen LogP contribution in [-0.4, -0.2) is 23.8 Å². The summed E-state index contributed by atoms with van der Waals surface area (Å²) in [5.41, 5.74) is -1.56. The Balaban J connectivity index is 1.70. The summed E-state index contributed by atoms with van der Waals surface area (Å²) in [6.07, 6.45) is 0. The first-order valence-corrected chi connectivity index (χ1v) is 10.2. The van der Waals surface area contributed by atoms with Crippen molar-refractivity contribution < 1.29 is 9.76 Å². The van der Waals surface area contributed by atoms with Crippen molar-refractivity contribution in [1.82, 2.24) is 0 Å². The molecule has 3 heterocycles. The fourth-order valence-electron chi connectivity index (χ4n) is 1.92. The third-order valence-electron chi connectivity index (χ3n) is 4.18. The molecule has 0 saturated carbocycles. The second kappa shape index (κ2) is 6.77. The number of rotatable bonds is 6. The van der Waals surface area contributed by atoms with E-state index >= 15 is 0 Å². The van der Waals surface area contributed by atoms with Gasteiger partial charge >= 0.3 is 7.48 Å². The lowest BCUT2D eigenvalue weighted by molar-refractivity contribution is -0.0892. The van der Waals surface area contributed by atoms with Crippen LogP contribution in [0.5, 0.6) is 0 Å². The topological polar surface area (TPSA) is 29.5 Å². The van der Waals surface area contributed by atoms with E-state index in [2.05, 4.69) is 41.8 Å². The van der Waals surface area contributed by atoms with Gasteiger partial charge in [-0.05, 0) is 57.3 Å². The predicted octanol–water partition coefficient (Wildman–Crippen LogP) is 5.02. The Morgan fingerprint density at radius 2 is 1.50 bits per heavy atom. The highest BCUT2D eigenvalue weighted by atomic mass is 32.1. The molecule has 3 rings (SSSR count). The zero-order valence-corrected chi connectivity index (χ0v) is 16.6. The maximum atomic E-state index is 10.2. The van der Waals surface area contributed by atoms with Crippen molar-refractivity contribution >= 4 is 46.3 Å². The molecule has 1 radical (unpaired) electrons. The lowest BCUT2D eigenvalue weighted by atomic mass is 9.86. The fraction of sp³-hybridized carbons (Fsp3) is 0.333. The maximum absolute atomic E-state index is 10.2. The lowest BCUT2D eigenvalue weighted by Crippen LogP contribution is -2.49. The van der Waals surface area contributed by atoms with Crippen molar-refractivity contribution in [1.29, 1.82) is 0 Å². The zero-order valence-electron chi connectivity index (χ0n) is 14.2. The van der Waals surface area contributed by atoms with Crippen molar-refractivity contribution in [3.63, 3.8) is 0 Å². The van der Waals surface area contributed by atoms with Crippen molar-refractivity contribution in [3.05, 3.63) is 41.8 Å². The summed E-state index contributed by atoms with van der Waals surface area (Å²) in [4.78, 5) is 5.12. The molecule has 0 saturated heterocycles. The van der Waals surface area contributed by atoms with E-state index in [0.29, 0.717) is 0 Å². The van der Waals surface area contributed by atoms with Crippen molar-refractivity contribution in [3.8, 4) is 19.5 Å². The van der Waals surface area contributed by atoms with Gasteiger partial charge in [0.2, 0.25) is 0 Å². The van der Waals surface area contributed by atoms with Crippen LogP contribution in [0, 0.1) is 0 Å². The van der Waals surface area contributed by atoms with Crippen molar-refractivity contribution in [2.45, 2.75) is 38.9 Å². The zero-order chi connectivity index (χ0) is 17.4. The van der Waals surface area contributed by atoms with Crippen LogP contribution in [0.1, 0.15) is 27.7 Å². The van der Waals surface area contributed by atoms with Gasteiger partial charge in [-0.2, -0.15) is 0 Å². The van der Waals surface area contributed by atoms with E-state index in [0.717, 1.165) is 4.78 Å². The molecular weight excluding hydrogens is 355 g/mol. The quantitative estimate of drug-likeness (QED) is 0.614. The monoisotopic (exact) mass is 375 g/mol. The van der Waals surface area contributed by atoms with Crippen LogP contribution in [0.25, 0.3) is 19.5 Å². The van der Waals surface area contributed by atoms with Crippen LogP contribution in [0.3, 0.4) is 0 Å². The van der Waals surface area contributed by atoms with Gasteiger partial charge in [0.1, 0.15) is 0 Å². The average Bonchev–Trinajstić information content (AvgIpc) is 3.23. The minimum atomic E-state index is -0.910. The summed E-state index contributed by atoms with van der Waals surface area (Å²) in [6.45, 7) is 7.31. The molecule has 0 atom stereocenters. The third kappa shape index (κ3) is 3.84. The van der Waals surface area contributed by atoms with Crippen LogP contribution in [0.15, 0.2) is 41.8 Å². The summed E-state index contributed by atoms with van der Waals surface area (Å²) >= 11 is 5.28. The summed E-state index contributed by atoms with van der Waals surface area (Å²) < 4.78 is 6.88. The molecule has 0 aliphatic rings. The van der Waals surface area contributed by atoms with E-state index in [1.165, 1.54) is 19.5 Å². The predicted molar refractivity (Wildman–Crippen MR) is 108 cm³/mol. The first kappa shape index (κ1) is 17.9. The number of hydrogen-bond donors (Lipinski definition) is 1. The highest BCUT2D eigenvalue weighted by molar-refractivity contribution is 7.29. The Labute approximate surface area is 156 Å².